The minimum absolute atomic E-state index is 0.123. The summed E-state index contributed by atoms with van der Waals surface area (Å²) >= 11 is 5.64. The highest BCUT2D eigenvalue weighted by Gasteiger charge is 2.35. The van der Waals surface area contributed by atoms with Crippen LogP contribution in [-0.4, -0.2) is 16.0 Å². The number of anilines is 1. The van der Waals surface area contributed by atoms with E-state index in [2.05, 4.69) is 29.1 Å². The molecule has 1 heterocycles. The van der Waals surface area contributed by atoms with Crippen LogP contribution in [0.25, 0.3) is 0 Å². The Bertz CT molecular complexity index is 478. The Kier molecular flexibility index (Phi) is 4.42. The molecule has 0 amide bonds. The molecule has 0 saturated heterocycles. The second kappa shape index (κ2) is 5.76. The van der Waals surface area contributed by atoms with Crippen molar-refractivity contribution in [1.29, 1.82) is 0 Å². The molecule has 1 N–H and O–H groups in total. The van der Waals surface area contributed by atoms with Gasteiger partial charge in [-0.25, -0.2) is 9.97 Å². The maximum Gasteiger partial charge on any atom is 0.451 e. The van der Waals surface area contributed by atoms with E-state index in [9.17, 15) is 13.2 Å². The Hall–Kier alpha value is -1.04. The van der Waals surface area contributed by atoms with E-state index in [1.165, 1.54) is 6.07 Å². The molecule has 1 aliphatic rings. The molecule has 3 nitrogen and oxygen atoms in total. The van der Waals surface area contributed by atoms with Crippen LogP contribution in [0.2, 0.25) is 5.15 Å². The van der Waals surface area contributed by atoms with Gasteiger partial charge in [-0.2, -0.15) is 13.2 Å². The first-order valence-corrected chi connectivity index (χ1v) is 7.02. The number of hydrogen-bond acceptors (Lipinski definition) is 3. The molecule has 1 aliphatic carbocycles. The third kappa shape index (κ3) is 3.75. The largest absolute Gasteiger partial charge is 0.451 e. The number of aromatic nitrogens is 2. The van der Waals surface area contributed by atoms with Gasteiger partial charge in [0.1, 0.15) is 11.0 Å². The highest BCUT2D eigenvalue weighted by molar-refractivity contribution is 6.29. The van der Waals surface area contributed by atoms with E-state index in [1.54, 1.807) is 0 Å². The van der Waals surface area contributed by atoms with E-state index in [4.69, 9.17) is 11.6 Å². The summed E-state index contributed by atoms with van der Waals surface area (Å²) in [6.45, 7) is 4.29. The van der Waals surface area contributed by atoms with Crippen LogP contribution in [0, 0.1) is 11.8 Å². The molecule has 0 spiro atoms. The molecular formula is C13H17ClF3N3. The Morgan fingerprint density at radius 2 is 1.95 bits per heavy atom. The van der Waals surface area contributed by atoms with Gasteiger partial charge in [0.15, 0.2) is 0 Å². The highest BCUT2D eigenvalue weighted by Crippen LogP contribution is 2.32. The third-order valence-corrected chi connectivity index (χ3v) is 3.91. The Morgan fingerprint density at radius 3 is 2.55 bits per heavy atom. The van der Waals surface area contributed by atoms with E-state index in [-0.39, 0.29) is 17.0 Å². The quantitative estimate of drug-likeness (QED) is 0.824. The van der Waals surface area contributed by atoms with E-state index in [1.807, 2.05) is 0 Å². The Balaban J connectivity index is 2.15. The number of halogens is 4. The van der Waals surface area contributed by atoms with Crippen molar-refractivity contribution < 1.29 is 13.2 Å². The van der Waals surface area contributed by atoms with Gasteiger partial charge < -0.3 is 5.32 Å². The Morgan fingerprint density at radius 1 is 1.25 bits per heavy atom. The lowest BCUT2D eigenvalue weighted by Crippen LogP contribution is -2.33. The third-order valence-electron chi connectivity index (χ3n) is 3.71. The first kappa shape index (κ1) is 15.4. The van der Waals surface area contributed by atoms with Crippen LogP contribution in [0.3, 0.4) is 0 Å². The summed E-state index contributed by atoms with van der Waals surface area (Å²) in [5.74, 6) is -0.0161. The van der Waals surface area contributed by atoms with Crippen LogP contribution in [0.4, 0.5) is 19.0 Å². The molecule has 1 saturated carbocycles. The number of alkyl halides is 3. The molecule has 0 aromatic carbocycles. The van der Waals surface area contributed by atoms with Crippen LogP contribution in [0.1, 0.15) is 38.9 Å². The second-order valence-electron chi connectivity index (χ2n) is 5.54. The van der Waals surface area contributed by atoms with Gasteiger partial charge in [0.2, 0.25) is 5.82 Å². The van der Waals surface area contributed by atoms with Crippen molar-refractivity contribution in [2.75, 3.05) is 5.32 Å². The predicted molar refractivity (Wildman–Crippen MR) is 71.6 cm³/mol. The molecule has 3 atom stereocenters. The summed E-state index contributed by atoms with van der Waals surface area (Å²) in [5, 5.41) is 2.87. The molecular weight excluding hydrogens is 291 g/mol. The standard InChI is InChI=1S/C13H17ClF3N3/c1-7-3-4-9(8(2)5-7)18-11-6-10(14)19-12(20-11)13(15,16)17/h6-9H,3-5H2,1-2H3,(H,18,19,20). The van der Waals surface area contributed by atoms with Gasteiger partial charge in [0.05, 0.1) is 0 Å². The van der Waals surface area contributed by atoms with Gasteiger partial charge in [-0.05, 0) is 31.1 Å². The fraction of sp³-hybridized carbons (Fsp3) is 0.692. The summed E-state index contributed by atoms with van der Waals surface area (Å²) in [7, 11) is 0. The van der Waals surface area contributed by atoms with Crippen molar-refractivity contribution in [3.8, 4) is 0 Å². The second-order valence-corrected chi connectivity index (χ2v) is 5.93. The lowest BCUT2D eigenvalue weighted by atomic mass is 9.80. The number of hydrogen-bond donors (Lipinski definition) is 1. The van der Waals surface area contributed by atoms with Crippen molar-refractivity contribution in [3.63, 3.8) is 0 Å². The van der Waals surface area contributed by atoms with E-state index in [0.29, 0.717) is 11.8 Å². The molecule has 0 bridgehead atoms. The molecule has 7 heteroatoms. The predicted octanol–water partition coefficient (Wildman–Crippen LogP) is 4.39. The maximum atomic E-state index is 12.6. The molecule has 0 aliphatic heterocycles. The van der Waals surface area contributed by atoms with Crippen molar-refractivity contribution >= 4 is 17.4 Å². The van der Waals surface area contributed by atoms with E-state index in [0.717, 1.165) is 19.3 Å². The minimum Gasteiger partial charge on any atom is -0.367 e. The maximum absolute atomic E-state index is 12.6. The van der Waals surface area contributed by atoms with Gasteiger partial charge >= 0.3 is 6.18 Å². The van der Waals surface area contributed by atoms with Crippen LogP contribution < -0.4 is 5.32 Å². The van der Waals surface area contributed by atoms with Crippen LogP contribution >= 0.6 is 11.6 Å². The SMILES string of the molecule is CC1CCC(Nc2cc(Cl)nc(C(F)(F)F)n2)C(C)C1. The van der Waals surface area contributed by atoms with Crippen molar-refractivity contribution in [2.45, 2.75) is 45.3 Å². The van der Waals surface area contributed by atoms with Gasteiger partial charge in [0, 0.05) is 12.1 Å². The lowest BCUT2D eigenvalue weighted by Gasteiger charge is -2.33. The molecule has 20 heavy (non-hydrogen) atoms. The normalized spacial score (nSPS) is 27.4. The topological polar surface area (TPSA) is 37.8 Å². The fourth-order valence-electron chi connectivity index (χ4n) is 2.69. The van der Waals surface area contributed by atoms with E-state index >= 15 is 0 Å². The van der Waals surface area contributed by atoms with Crippen molar-refractivity contribution in [3.05, 3.63) is 17.0 Å². The Labute approximate surface area is 120 Å². The first-order chi connectivity index (χ1) is 9.25. The van der Waals surface area contributed by atoms with Crippen LogP contribution in [0.15, 0.2) is 6.07 Å². The molecule has 3 unspecified atom stereocenters. The van der Waals surface area contributed by atoms with Crippen LogP contribution in [0.5, 0.6) is 0 Å². The average molecular weight is 308 g/mol. The zero-order valence-electron chi connectivity index (χ0n) is 11.3. The van der Waals surface area contributed by atoms with Crippen LogP contribution in [-0.2, 0) is 6.18 Å². The molecule has 1 fully saturated rings. The minimum atomic E-state index is -4.59. The number of nitrogens with zero attached hydrogens (tertiary/aromatic N) is 2. The van der Waals surface area contributed by atoms with Gasteiger partial charge in [-0.1, -0.05) is 25.4 Å². The summed E-state index contributed by atoms with van der Waals surface area (Å²) in [5.41, 5.74) is 0. The van der Waals surface area contributed by atoms with Gasteiger partial charge in [0.25, 0.3) is 0 Å². The fourth-order valence-corrected chi connectivity index (χ4v) is 2.87. The van der Waals surface area contributed by atoms with Gasteiger partial charge in [-0.3, -0.25) is 0 Å². The van der Waals surface area contributed by atoms with Gasteiger partial charge in [-0.15, -0.1) is 0 Å². The van der Waals surface area contributed by atoms with Crippen molar-refractivity contribution in [1.82, 2.24) is 9.97 Å². The average Bonchev–Trinajstić information content (AvgIpc) is 2.31. The molecule has 112 valence electrons. The zero-order valence-corrected chi connectivity index (χ0v) is 12.1. The monoisotopic (exact) mass is 307 g/mol. The highest BCUT2D eigenvalue weighted by atomic mass is 35.5. The van der Waals surface area contributed by atoms with Crippen molar-refractivity contribution in [2.24, 2.45) is 11.8 Å². The first-order valence-electron chi connectivity index (χ1n) is 6.64. The molecule has 2 rings (SSSR count). The van der Waals surface area contributed by atoms with E-state index < -0.39 is 12.0 Å². The molecule has 0 radical (unpaired) electrons. The summed E-state index contributed by atoms with van der Waals surface area (Å²) in [4.78, 5) is 6.74. The summed E-state index contributed by atoms with van der Waals surface area (Å²) in [6, 6.07) is 1.46. The molecule has 1 aromatic rings. The number of rotatable bonds is 2. The lowest BCUT2D eigenvalue weighted by molar-refractivity contribution is -0.144. The smallest absolute Gasteiger partial charge is 0.367 e. The summed E-state index contributed by atoms with van der Waals surface area (Å²) < 4.78 is 37.9. The summed E-state index contributed by atoms with van der Waals surface area (Å²) in [6.07, 6.45) is -1.55. The zero-order chi connectivity index (χ0) is 14.9. The number of nitrogens with one attached hydrogen (secondary N) is 1. The molecule has 1 aromatic heterocycles.